The molecular formula is C15H27N4O8P. The van der Waals surface area contributed by atoms with Crippen molar-refractivity contribution >= 4 is 25.5 Å². The van der Waals surface area contributed by atoms with Crippen LogP contribution in [0.1, 0.15) is 0 Å². The van der Waals surface area contributed by atoms with Crippen LogP contribution < -0.4 is 0 Å². The van der Waals surface area contributed by atoms with Gasteiger partial charge in [0.25, 0.3) is 0 Å². The molecule has 0 aromatic carbocycles. The Labute approximate surface area is 162 Å². The Morgan fingerprint density at radius 2 is 1.21 bits per heavy atom. The fourth-order valence-electron chi connectivity index (χ4n) is 2.86. The van der Waals surface area contributed by atoms with E-state index in [1.165, 1.54) is 11.1 Å². The summed E-state index contributed by atoms with van der Waals surface area (Å²) in [6, 6.07) is 0. The molecule has 1 heterocycles. The van der Waals surface area contributed by atoms with Crippen LogP contribution in [0.2, 0.25) is 0 Å². The van der Waals surface area contributed by atoms with Crippen molar-refractivity contribution in [1.82, 2.24) is 19.6 Å². The van der Waals surface area contributed by atoms with Crippen LogP contribution in [-0.4, -0.2) is 129 Å². The molecule has 160 valence electrons. The maximum Gasteiger partial charge on any atom is 0.339 e. The van der Waals surface area contributed by atoms with Crippen molar-refractivity contribution < 1.29 is 38.9 Å². The summed E-state index contributed by atoms with van der Waals surface area (Å²) < 4.78 is 11.4. The zero-order valence-corrected chi connectivity index (χ0v) is 16.4. The van der Waals surface area contributed by atoms with Crippen LogP contribution in [0.25, 0.3) is 0 Å². The number of carboxylic acids is 2. The topological polar surface area (TPSA) is 162 Å². The standard InChI is InChI=1S/C15H27N4O8P/c20-10-9-16-1-3-17(11-14(21)22)5-7-19(13-28(25,26)27)8-6-18(4-2-16)12-15(23)24/h9H,1-8,11-13H2,(H,21,22)(H,23,24)(H2,25,26,27). The van der Waals surface area contributed by atoms with Crippen molar-refractivity contribution in [3.8, 4) is 0 Å². The third-order valence-corrected chi connectivity index (χ3v) is 4.98. The fraction of sp³-hybridized carbons (Fsp3) is 0.733. The van der Waals surface area contributed by atoms with Crippen molar-refractivity contribution in [1.29, 1.82) is 0 Å². The molecule has 12 nitrogen and oxygen atoms in total. The van der Waals surface area contributed by atoms with Gasteiger partial charge in [0.15, 0.2) is 0 Å². The summed E-state index contributed by atoms with van der Waals surface area (Å²) in [5.74, 6) is -0.378. The van der Waals surface area contributed by atoms with Gasteiger partial charge in [0.1, 0.15) is 12.2 Å². The minimum atomic E-state index is -4.33. The molecule has 0 unspecified atom stereocenters. The van der Waals surface area contributed by atoms with Crippen LogP contribution in [0.5, 0.6) is 0 Å². The number of hydrogen-bond acceptors (Lipinski definition) is 8. The van der Waals surface area contributed by atoms with Gasteiger partial charge in [-0.25, -0.2) is 4.79 Å². The maximum atomic E-state index is 11.4. The molecule has 28 heavy (non-hydrogen) atoms. The summed E-state index contributed by atoms with van der Waals surface area (Å²) in [7, 11) is -4.33. The second-order valence-electron chi connectivity index (χ2n) is 6.55. The molecule has 0 aromatic heterocycles. The van der Waals surface area contributed by atoms with Crippen molar-refractivity contribution in [3.63, 3.8) is 0 Å². The Hall–Kier alpha value is -1.78. The van der Waals surface area contributed by atoms with E-state index in [0.717, 1.165) is 0 Å². The van der Waals surface area contributed by atoms with Gasteiger partial charge in [-0.3, -0.25) is 28.9 Å². The van der Waals surface area contributed by atoms with Crippen LogP contribution in [0, 0.1) is 0 Å². The van der Waals surface area contributed by atoms with E-state index in [2.05, 4.69) is 0 Å². The molecule has 0 saturated carbocycles. The second-order valence-corrected chi connectivity index (χ2v) is 8.16. The van der Waals surface area contributed by atoms with E-state index in [0.29, 0.717) is 26.2 Å². The third kappa shape index (κ3) is 11.2. The highest BCUT2D eigenvalue weighted by Crippen LogP contribution is 2.34. The predicted octanol–water partition coefficient (Wildman–Crippen LogP) is -2.14. The zero-order chi connectivity index (χ0) is 21.2. The molecule has 0 spiro atoms. The van der Waals surface area contributed by atoms with Crippen molar-refractivity contribution in [2.24, 2.45) is 0 Å². The van der Waals surface area contributed by atoms with E-state index < -0.39 is 25.8 Å². The number of carboxylic acid groups (broad SMARTS) is 2. The molecule has 1 aliphatic heterocycles. The van der Waals surface area contributed by atoms with Crippen LogP contribution >= 0.6 is 7.60 Å². The molecule has 1 fully saturated rings. The van der Waals surface area contributed by atoms with E-state index in [1.54, 1.807) is 20.6 Å². The molecule has 0 radical (unpaired) electrons. The normalized spacial score (nSPS) is 19.3. The molecule has 1 rings (SSSR count). The minimum Gasteiger partial charge on any atom is -0.480 e. The molecule has 4 N–H and O–H groups in total. The highest BCUT2D eigenvalue weighted by molar-refractivity contribution is 7.51. The summed E-state index contributed by atoms with van der Waals surface area (Å²) >= 11 is 0. The van der Waals surface area contributed by atoms with E-state index >= 15 is 0 Å². The number of hydrogen-bond donors (Lipinski definition) is 4. The first-order valence-corrected chi connectivity index (χ1v) is 10.5. The average Bonchev–Trinajstić information content (AvgIpc) is 2.55. The molecular weight excluding hydrogens is 395 g/mol. The fourth-order valence-corrected chi connectivity index (χ4v) is 3.66. The number of carbonyl (C=O) groups is 2. The Balaban J connectivity index is 2.95. The monoisotopic (exact) mass is 422 g/mol. The van der Waals surface area contributed by atoms with Crippen LogP contribution in [0.4, 0.5) is 0 Å². The van der Waals surface area contributed by atoms with Gasteiger partial charge >= 0.3 is 19.5 Å². The Kier molecular flexibility index (Phi) is 10.3. The first-order valence-electron chi connectivity index (χ1n) is 8.69. The van der Waals surface area contributed by atoms with E-state index in [4.69, 9.17) is 10.2 Å². The first kappa shape index (κ1) is 24.3. The lowest BCUT2D eigenvalue weighted by atomic mass is 10.3. The molecule has 13 heteroatoms. The highest BCUT2D eigenvalue weighted by Gasteiger charge is 2.22. The zero-order valence-electron chi connectivity index (χ0n) is 15.5. The first-order chi connectivity index (χ1) is 13.1. The van der Waals surface area contributed by atoms with Gasteiger partial charge in [-0.05, 0) is 0 Å². The van der Waals surface area contributed by atoms with Gasteiger partial charge in [0.05, 0.1) is 19.3 Å². The van der Waals surface area contributed by atoms with Gasteiger partial charge in [-0.2, -0.15) is 0 Å². The molecule has 1 saturated heterocycles. The number of rotatable bonds is 7. The second kappa shape index (κ2) is 11.9. The minimum absolute atomic E-state index is 0.211. The van der Waals surface area contributed by atoms with Gasteiger partial charge in [-0.1, -0.05) is 0 Å². The quantitative estimate of drug-likeness (QED) is 0.260. The van der Waals surface area contributed by atoms with E-state index in [1.807, 2.05) is 0 Å². The van der Waals surface area contributed by atoms with E-state index in [-0.39, 0.29) is 39.3 Å². The largest absolute Gasteiger partial charge is 0.480 e. The molecule has 1 aliphatic rings. The van der Waals surface area contributed by atoms with E-state index in [9.17, 15) is 28.7 Å². The summed E-state index contributed by atoms with van der Waals surface area (Å²) in [6.45, 7) is 1.74. The lowest BCUT2D eigenvalue weighted by Crippen LogP contribution is -2.47. The highest BCUT2D eigenvalue weighted by atomic mass is 31.2. The van der Waals surface area contributed by atoms with Crippen LogP contribution in [-0.2, 0) is 18.9 Å². The van der Waals surface area contributed by atoms with Gasteiger partial charge in [0, 0.05) is 52.4 Å². The smallest absolute Gasteiger partial charge is 0.339 e. The third-order valence-electron chi connectivity index (χ3n) is 4.21. The number of aliphatic carboxylic acids is 2. The van der Waals surface area contributed by atoms with Crippen molar-refractivity contribution in [2.45, 2.75) is 0 Å². The molecule has 0 atom stereocenters. The SMILES string of the molecule is O=C=CN1CCN(CC(=O)O)CCN(CP(=O)(O)O)CCN(CC(=O)O)CC1. The molecule has 0 amide bonds. The Morgan fingerprint density at radius 3 is 1.57 bits per heavy atom. The molecule has 0 aliphatic carbocycles. The summed E-state index contributed by atoms with van der Waals surface area (Å²) in [6.07, 6.45) is 0.721. The summed E-state index contributed by atoms with van der Waals surface area (Å²) in [4.78, 5) is 57.8. The maximum absolute atomic E-state index is 11.4. The molecule has 0 aromatic rings. The Bertz CT molecular complexity index is 589. The van der Waals surface area contributed by atoms with Gasteiger partial charge in [-0.15, -0.1) is 0 Å². The lowest BCUT2D eigenvalue weighted by molar-refractivity contribution is -0.139. The Morgan fingerprint density at radius 1 is 0.821 bits per heavy atom. The van der Waals surface area contributed by atoms with Gasteiger partial charge < -0.3 is 24.9 Å². The molecule has 0 bridgehead atoms. The van der Waals surface area contributed by atoms with Crippen molar-refractivity contribution in [2.75, 3.05) is 71.7 Å². The summed E-state index contributed by atoms with van der Waals surface area (Å²) in [5.41, 5.74) is 0. The summed E-state index contributed by atoms with van der Waals surface area (Å²) in [5, 5.41) is 18.1. The van der Waals surface area contributed by atoms with Crippen molar-refractivity contribution in [3.05, 3.63) is 6.20 Å². The number of nitrogens with zero attached hydrogens (tertiary/aromatic N) is 4. The average molecular weight is 422 g/mol. The predicted molar refractivity (Wildman–Crippen MR) is 98.5 cm³/mol. The number of carbonyl (C=O) groups excluding carboxylic acids is 1. The van der Waals surface area contributed by atoms with Gasteiger partial charge in [0.2, 0.25) is 0 Å². The van der Waals surface area contributed by atoms with Crippen LogP contribution in [0.15, 0.2) is 6.20 Å². The lowest BCUT2D eigenvalue weighted by Gasteiger charge is -2.32. The van der Waals surface area contributed by atoms with Crippen LogP contribution in [0.3, 0.4) is 0 Å².